The molecule has 0 radical (unpaired) electrons. The van der Waals surface area contributed by atoms with Gasteiger partial charge in [-0.15, -0.1) is 11.3 Å². The molecule has 1 aromatic heterocycles. The van der Waals surface area contributed by atoms with E-state index in [-0.39, 0.29) is 12.0 Å². The number of aromatic nitrogens is 1. The number of thiazole rings is 1. The van der Waals surface area contributed by atoms with Crippen LogP contribution in [0.1, 0.15) is 39.6 Å². The van der Waals surface area contributed by atoms with Crippen LogP contribution in [0.15, 0.2) is 28.1 Å². The number of hydrogen-bond donors (Lipinski definition) is 1. The van der Waals surface area contributed by atoms with E-state index in [0.29, 0.717) is 12.1 Å². The molecule has 6 heteroatoms. The third-order valence-electron chi connectivity index (χ3n) is 3.08. The van der Waals surface area contributed by atoms with Crippen molar-refractivity contribution in [2.24, 2.45) is 0 Å². The van der Waals surface area contributed by atoms with Gasteiger partial charge in [-0.05, 0) is 31.5 Å². The van der Waals surface area contributed by atoms with Gasteiger partial charge in [-0.2, -0.15) is 0 Å². The van der Waals surface area contributed by atoms with E-state index in [9.17, 15) is 4.79 Å². The zero-order valence-electron chi connectivity index (χ0n) is 12.1. The summed E-state index contributed by atoms with van der Waals surface area (Å²) in [6.45, 7) is 4.78. The summed E-state index contributed by atoms with van der Waals surface area (Å²) >= 11 is 5.15. The van der Waals surface area contributed by atoms with Crippen molar-refractivity contribution in [3.8, 4) is 0 Å². The maximum atomic E-state index is 11.5. The molecular formula is C15H17BrN2O2S. The van der Waals surface area contributed by atoms with Gasteiger partial charge in [0.25, 0.3) is 0 Å². The lowest BCUT2D eigenvalue weighted by molar-refractivity contribution is 0.0600. The minimum atomic E-state index is -0.332. The summed E-state index contributed by atoms with van der Waals surface area (Å²) in [6.07, 6.45) is 0. The lowest BCUT2D eigenvalue weighted by Gasteiger charge is -2.12. The largest absolute Gasteiger partial charge is 0.465 e. The van der Waals surface area contributed by atoms with Crippen molar-refractivity contribution in [2.75, 3.05) is 7.11 Å². The molecule has 2 aromatic rings. The Morgan fingerprint density at radius 3 is 2.86 bits per heavy atom. The summed E-state index contributed by atoms with van der Waals surface area (Å²) in [6, 6.07) is 5.66. The van der Waals surface area contributed by atoms with Crippen molar-refractivity contribution in [2.45, 2.75) is 26.4 Å². The minimum Gasteiger partial charge on any atom is -0.465 e. The molecule has 1 N–H and O–H groups in total. The van der Waals surface area contributed by atoms with E-state index < -0.39 is 0 Å². The second kappa shape index (κ2) is 7.15. The first kappa shape index (κ1) is 16.1. The first-order valence-electron chi connectivity index (χ1n) is 6.53. The van der Waals surface area contributed by atoms with Gasteiger partial charge in [0, 0.05) is 22.1 Å². The number of ether oxygens (including phenoxy) is 1. The smallest absolute Gasteiger partial charge is 0.337 e. The van der Waals surface area contributed by atoms with Gasteiger partial charge >= 0.3 is 5.97 Å². The number of esters is 1. The number of aryl methyl sites for hydroxylation is 1. The van der Waals surface area contributed by atoms with Gasteiger partial charge in [-0.3, -0.25) is 0 Å². The second-order valence-corrected chi connectivity index (χ2v) is 6.47. The predicted octanol–water partition coefficient (Wildman–Crippen LogP) is 3.85. The fourth-order valence-electron chi connectivity index (χ4n) is 1.86. The Balaban J connectivity index is 2.01. The molecule has 0 aliphatic rings. The molecule has 4 nitrogen and oxygen atoms in total. The lowest BCUT2D eigenvalue weighted by Crippen LogP contribution is -2.18. The van der Waals surface area contributed by atoms with Crippen molar-refractivity contribution in [1.29, 1.82) is 0 Å². The maximum absolute atomic E-state index is 11.5. The average molecular weight is 369 g/mol. The Kier molecular flexibility index (Phi) is 5.50. The molecule has 0 bridgehead atoms. The van der Waals surface area contributed by atoms with Crippen LogP contribution in [0.5, 0.6) is 0 Å². The molecule has 0 aliphatic carbocycles. The van der Waals surface area contributed by atoms with Crippen molar-refractivity contribution >= 4 is 33.2 Å². The SMILES string of the molecule is COC(=O)c1ccc(CNC(C)c2nc(C)cs2)c(Br)c1. The average Bonchev–Trinajstić information content (AvgIpc) is 2.91. The van der Waals surface area contributed by atoms with Crippen molar-refractivity contribution in [3.63, 3.8) is 0 Å². The summed E-state index contributed by atoms with van der Waals surface area (Å²) in [5.74, 6) is -0.332. The summed E-state index contributed by atoms with van der Waals surface area (Å²) < 4.78 is 5.60. The molecule has 0 spiro atoms. The van der Waals surface area contributed by atoms with Crippen molar-refractivity contribution < 1.29 is 9.53 Å². The van der Waals surface area contributed by atoms with Crippen molar-refractivity contribution in [3.05, 3.63) is 49.9 Å². The molecule has 1 unspecified atom stereocenters. The third kappa shape index (κ3) is 4.12. The first-order valence-corrected chi connectivity index (χ1v) is 8.20. The van der Waals surface area contributed by atoms with Gasteiger partial charge in [0.05, 0.1) is 18.7 Å². The highest BCUT2D eigenvalue weighted by molar-refractivity contribution is 9.10. The van der Waals surface area contributed by atoms with E-state index in [0.717, 1.165) is 20.7 Å². The summed E-state index contributed by atoms with van der Waals surface area (Å²) in [5, 5.41) is 6.56. The maximum Gasteiger partial charge on any atom is 0.337 e. The molecule has 0 saturated heterocycles. The Bertz CT molecular complexity index is 642. The van der Waals surface area contributed by atoms with Gasteiger partial charge in [0.15, 0.2) is 0 Å². The van der Waals surface area contributed by atoms with E-state index in [1.165, 1.54) is 7.11 Å². The number of methoxy groups -OCH3 is 1. The van der Waals surface area contributed by atoms with E-state index in [1.807, 2.05) is 13.0 Å². The number of benzene rings is 1. The van der Waals surface area contributed by atoms with Crippen LogP contribution in [0, 0.1) is 6.92 Å². The number of carbonyl (C=O) groups excluding carboxylic acids is 1. The molecule has 1 aromatic carbocycles. The Morgan fingerprint density at radius 2 is 2.29 bits per heavy atom. The summed E-state index contributed by atoms with van der Waals surface area (Å²) in [4.78, 5) is 15.9. The highest BCUT2D eigenvalue weighted by Crippen LogP contribution is 2.22. The summed E-state index contributed by atoms with van der Waals surface area (Å²) in [5.41, 5.74) is 2.67. The van der Waals surface area contributed by atoms with E-state index in [1.54, 1.807) is 23.5 Å². The molecule has 1 heterocycles. The van der Waals surface area contributed by atoms with Gasteiger partial charge < -0.3 is 10.1 Å². The van der Waals surface area contributed by atoms with Crippen LogP contribution in [0.3, 0.4) is 0 Å². The molecule has 2 rings (SSSR count). The topological polar surface area (TPSA) is 51.2 Å². The van der Waals surface area contributed by atoms with Crippen LogP contribution >= 0.6 is 27.3 Å². The molecule has 112 valence electrons. The highest BCUT2D eigenvalue weighted by Gasteiger charge is 2.11. The number of halogens is 1. The molecule has 21 heavy (non-hydrogen) atoms. The Hall–Kier alpha value is -1.24. The fraction of sp³-hybridized carbons (Fsp3) is 0.333. The molecule has 0 aliphatic heterocycles. The van der Waals surface area contributed by atoms with Gasteiger partial charge in [0.2, 0.25) is 0 Å². The second-order valence-electron chi connectivity index (χ2n) is 4.73. The van der Waals surface area contributed by atoms with Crippen LogP contribution < -0.4 is 5.32 Å². The normalized spacial score (nSPS) is 12.2. The van der Waals surface area contributed by atoms with Crippen LogP contribution in [0.4, 0.5) is 0 Å². The van der Waals surface area contributed by atoms with Crippen LogP contribution in [-0.4, -0.2) is 18.1 Å². The third-order valence-corrected chi connectivity index (χ3v) is 4.96. The van der Waals surface area contributed by atoms with E-state index >= 15 is 0 Å². The van der Waals surface area contributed by atoms with Crippen LogP contribution in [0.25, 0.3) is 0 Å². The van der Waals surface area contributed by atoms with Crippen LogP contribution in [-0.2, 0) is 11.3 Å². The van der Waals surface area contributed by atoms with Gasteiger partial charge in [-0.1, -0.05) is 22.0 Å². The quantitative estimate of drug-likeness (QED) is 0.814. The molecule has 0 amide bonds. The number of hydrogen-bond acceptors (Lipinski definition) is 5. The Labute approximate surface area is 136 Å². The van der Waals surface area contributed by atoms with Crippen LogP contribution in [0.2, 0.25) is 0 Å². The number of rotatable bonds is 5. The Morgan fingerprint density at radius 1 is 1.52 bits per heavy atom. The summed E-state index contributed by atoms with van der Waals surface area (Å²) in [7, 11) is 1.38. The zero-order valence-corrected chi connectivity index (χ0v) is 14.5. The molecule has 1 atom stereocenters. The molecular weight excluding hydrogens is 352 g/mol. The number of carbonyl (C=O) groups is 1. The lowest BCUT2D eigenvalue weighted by atomic mass is 10.1. The highest BCUT2D eigenvalue weighted by atomic mass is 79.9. The van der Waals surface area contributed by atoms with E-state index in [2.05, 4.69) is 38.5 Å². The molecule has 0 fully saturated rings. The fourth-order valence-corrected chi connectivity index (χ4v) is 3.20. The molecule has 0 saturated carbocycles. The number of nitrogens with one attached hydrogen (secondary N) is 1. The minimum absolute atomic E-state index is 0.191. The first-order chi connectivity index (χ1) is 10.0. The van der Waals surface area contributed by atoms with Crippen molar-refractivity contribution in [1.82, 2.24) is 10.3 Å². The zero-order chi connectivity index (χ0) is 15.4. The van der Waals surface area contributed by atoms with Gasteiger partial charge in [-0.25, -0.2) is 9.78 Å². The monoisotopic (exact) mass is 368 g/mol. The van der Waals surface area contributed by atoms with E-state index in [4.69, 9.17) is 4.74 Å². The predicted molar refractivity (Wildman–Crippen MR) is 87.6 cm³/mol. The number of nitrogens with zero attached hydrogens (tertiary/aromatic N) is 1. The standard InChI is InChI=1S/C15H17BrN2O2S/c1-9-8-21-14(18-9)10(2)17-7-12-5-4-11(6-13(12)16)15(19)20-3/h4-6,8,10,17H,7H2,1-3H3. The van der Waals surface area contributed by atoms with Gasteiger partial charge in [0.1, 0.15) is 5.01 Å².